The second-order valence-electron chi connectivity index (χ2n) is 12.1. The number of piperidine rings is 2. The van der Waals surface area contributed by atoms with E-state index in [9.17, 15) is 14.4 Å². The number of hydrogen-bond acceptors (Lipinski definition) is 8. The van der Waals surface area contributed by atoms with Crippen LogP contribution in [0.5, 0.6) is 0 Å². The number of likely N-dealkylation sites (N-methyl/N-ethyl adjacent to an activating group) is 1. The number of amides is 2. The van der Waals surface area contributed by atoms with Crippen molar-refractivity contribution in [3.05, 3.63) is 86.2 Å². The summed E-state index contributed by atoms with van der Waals surface area (Å²) in [5.41, 5.74) is 5.31. The van der Waals surface area contributed by atoms with Crippen LogP contribution in [-0.2, 0) is 23.2 Å². The lowest BCUT2D eigenvalue weighted by molar-refractivity contribution is -0.134. The van der Waals surface area contributed by atoms with Crippen LogP contribution in [-0.4, -0.2) is 71.8 Å². The Morgan fingerprint density at radius 1 is 0.930 bits per heavy atom. The van der Waals surface area contributed by atoms with Gasteiger partial charge in [0, 0.05) is 64.0 Å². The summed E-state index contributed by atoms with van der Waals surface area (Å²) in [4.78, 5) is 40.5. The second kappa shape index (κ2) is 12.6. The zero-order valence-corrected chi connectivity index (χ0v) is 26.1. The normalized spacial score (nSPS) is 23.1. The quantitative estimate of drug-likeness (QED) is 0.320. The molecule has 3 aliphatic rings. The van der Waals surface area contributed by atoms with Crippen LogP contribution in [0.3, 0.4) is 0 Å². The molecule has 43 heavy (non-hydrogen) atoms. The fourth-order valence-electron chi connectivity index (χ4n) is 6.41. The molecule has 2 amide bonds. The van der Waals surface area contributed by atoms with E-state index in [2.05, 4.69) is 90.2 Å². The van der Waals surface area contributed by atoms with Gasteiger partial charge in [0.25, 0.3) is 5.56 Å². The third-order valence-corrected chi connectivity index (χ3v) is 9.66. The van der Waals surface area contributed by atoms with Crippen molar-refractivity contribution in [2.75, 3.05) is 43.4 Å². The summed E-state index contributed by atoms with van der Waals surface area (Å²) < 4.78 is 1.84. The first kappa shape index (κ1) is 29.5. The molecule has 3 fully saturated rings. The molecule has 0 spiro atoms. The van der Waals surface area contributed by atoms with E-state index in [1.54, 1.807) is 13.2 Å². The zero-order valence-electron chi connectivity index (χ0n) is 24.6. The van der Waals surface area contributed by atoms with Crippen molar-refractivity contribution in [1.29, 1.82) is 0 Å². The molecular formula is C32H38BrN7O3. The zero-order chi connectivity index (χ0) is 30.1. The lowest BCUT2D eigenvalue weighted by atomic mass is 9.87. The van der Waals surface area contributed by atoms with Crippen LogP contribution >= 0.6 is 15.9 Å². The monoisotopic (exact) mass is 647 g/mol. The highest BCUT2D eigenvalue weighted by Crippen LogP contribution is 2.30. The molecule has 0 radical (unpaired) electrons. The Bertz CT molecular complexity index is 1540. The molecule has 10 nitrogen and oxygen atoms in total. The van der Waals surface area contributed by atoms with Crippen LogP contribution in [0, 0.1) is 0 Å². The van der Waals surface area contributed by atoms with E-state index in [0.29, 0.717) is 29.3 Å². The van der Waals surface area contributed by atoms with E-state index < -0.39 is 0 Å². The van der Waals surface area contributed by atoms with Gasteiger partial charge in [-0.05, 0) is 70.6 Å². The van der Waals surface area contributed by atoms with Crippen molar-refractivity contribution in [1.82, 2.24) is 25.3 Å². The van der Waals surface area contributed by atoms with Crippen molar-refractivity contribution in [3.8, 4) is 0 Å². The summed E-state index contributed by atoms with van der Waals surface area (Å²) >= 11 is 3.43. The predicted octanol–water partition coefficient (Wildman–Crippen LogP) is 2.94. The van der Waals surface area contributed by atoms with Gasteiger partial charge < -0.3 is 20.4 Å². The van der Waals surface area contributed by atoms with Gasteiger partial charge in [-0.1, -0.05) is 36.4 Å². The summed E-state index contributed by atoms with van der Waals surface area (Å²) in [6.07, 6.45) is 3.66. The van der Waals surface area contributed by atoms with Gasteiger partial charge in [0.05, 0.1) is 17.8 Å². The molecule has 1 unspecified atom stereocenters. The first-order valence-electron chi connectivity index (χ1n) is 14.9. The van der Waals surface area contributed by atoms with Crippen molar-refractivity contribution < 1.29 is 9.59 Å². The highest BCUT2D eigenvalue weighted by atomic mass is 79.9. The second-order valence-corrected chi connectivity index (χ2v) is 12.9. The predicted molar refractivity (Wildman–Crippen MR) is 170 cm³/mol. The number of carbonyl (C=O) groups excluding carboxylic acids is 2. The highest BCUT2D eigenvalue weighted by Gasteiger charge is 2.30. The summed E-state index contributed by atoms with van der Waals surface area (Å²) in [6, 6.07) is 17.8. The molecule has 3 N–H and O–H groups in total. The molecule has 0 bridgehead atoms. The van der Waals surface area contributed by atoms with Crippen molar-refractivity contribution >= 4 is 39.1 Å². The Hall–Kier alpha value is -3.54. The van der Waals surface area contributed by atoms with Crippen LogP contribution in [0.25, 0.3) is 0 Å². The molecular weight excluding hydrogens is 610 g/mol. The molecule has 3 atom stereocenters. The van der Waals surface area contributed by atoms with Crippen molar-refractivity contribution in [3.63, 3.8) is 0 Å². The molecule has 4 heterocycles. The maximum Gasteiger partial charge on any atom is 0.282 e. The first-order chi connectivity index (χ1) is 20.7. The Balaban J connectivity index is 0.974. The summed E-state index contributed by atoms with van der Waals surface area (Å²) in [7, 11) is 3.79. The minimum Gasteiger partial charge on any atom is -0.379 e. The van der Waals surface area contributed by atoms with Gasteiger partial charge in [-0.2, -0.15) is 5.10 Å². The molecule has 0 aliphatic carbocycles. The van der Waals surface area contributed by atoms with Crippen LogP contribution < -0.4 is 26.4 Å². The summed E-state index contributed by atoms with van der Waals surface area (Å²) in [6.45, 7) is 4.61. The first-order valence-corrected chi connectivity index (χ1v) is 15.7. The van der Waals surface area contributed by atoms with Gasteiger partial charge in [-0.25, -0.2) is 4.68 Å². The molecule has 226 valence electrons. The maximum atomic E-state index is 12.3. The van der Waals surface area contributed by atoms with E-state index in [-0.39, 0.29) is 29.3 Å². The van der Waals surface area contributed by atoms with Gasteiger partial charge >= 0.3 is 0 Å². The topological polar surface area (TPSA) is 112 Å². The number of nitrogens with zero attached hydrogens (tertiary/aromatic N) is 4. The van der Waals surface area contributed by atoms with Crippen LogP contribution in [0.4, 0.5) is 11.4 Å². The Kier molecular flexibility index (Phi) is 8.65. The third kappa shape index (κ3) is 6.68. The van der Waals surface area contributed by atoms with E-state index in [1.807, 2.05) is 12.1 Å². The molecule has 0 saturated carbocycles. The molecule has 6 rings (SSSR count). The van der Waals surface area contributed by atoms with Gasteiger partial charge in [0.2, 0.25) is 11.8 Å². The molecule has 3 aromatic rings. The van der Waals surface area contributed by atoms with E-state index in [1.165, 1.54) is 15.8 Å². The van der Waals surface area contributed by atoms with Gasteiger partial charge in [-0.3, -0.25) is 19.7 Å². The molecule has 3 saturated heterocycles. The largest absolute Gasteiger partial charge is 0.379 e. The standard InChI is InChI=1S/C32H38BrN7O3/c1-38-16-23(13-24(17-38)36-28-15-35-39(2)32(43)30(28)33)21-5-3-20(4-6-21)14-34-25-18-40(19-25)26-9-7-22(8-10-26)27-11-12-29(41)37-31(27)42/h3-10,15,23-25,27,34,36H,11-14,16-19H2,1-2H3,(H,37,41,42)/t23-,24+,27?/m0/s1. The highest BCUT2D eigenvalue weighted by molar-refractivity contribution is 9.10. The lowest BCUT2D eigenvalue weighted by Crippen LogP contribution is -2.57. The molecule has 11 heteroatoms. The van der Waals surface area contributed by atoms with E-state index >= 15 is 0 Å². The van der Waals surface area contributed by atoms with E-state index in [4.69, 9.17) is 0 Å². The number of imide groups is 1. The van der Waals surface area contributed by atoms with Gasteiger partial charge in [0.1, 0.15) is 4.47 Å². The molecule has 3 aliphatic heterocycles. The van der Waals surface area contributed by atoms with Gasteiger partial charge in [0.15, 0.2) is 0 Å². The SMILES string of the molecule is CN1C[C@H](Nc2cnn(C)c(=O)c2Br)C[C@H](c2ccc(CNC3CN(c4ccc(C5CCC(=O)NC5=O)cc4)C3)cc2)C1. The Labute approximate surface area is 260 Å². The average molecular weight is 649 g/mol. The number of carbonyl (C=O) groups is 2. The number of nitrogens with one attached hydrogen (secondary N) is 3. The average Bonchev–Trinajstić information content (AvgIpc) is 2.97. The van der Waals surface area contributed by atoms with Crippen LogP contribution in [0.2, 0.25) is 0 Å². The summed E-state index contributed by atoms with van der Waals surface area (Å²) in [5.74, 6) is -0.218. The number of aromatic nitrogens is 2. The van der Waals surface area contributed by atoms with E-state index in [0.717, 1.165) is 56.1 Å². The minimum atomic E-state index is -0.243. The Morgan fingerprint density at radius 3 is 2.37 bits per heavy atom. The maximum absolute atomic E-state index is 12.3. The number of halogens is 1. The number of hydrogen-bond donors (Lipinski definition) is 3. The number of aryl methyl sites for hydroxylation is 1. The van der Waals surface area contributed by atoms with Crippen LogP contribution in [0.15, 0.2) is 64.0 Å². The number of rotatable bonds is 8. The van der Waals surface area contributed by atoms with Crippen LogP contribution in [0.1, 0.15) is 47.8 Å². The molecule has 2 aromatic carbocycles. The smallest absolute Gasteiger partial charge is 0.282 e. The van der Waals surface area contributed by atoms with Crippen molar-refractivity contribution in [2.45, 2.75) is 49.7 Å². The fraction of sp³-hybridized carbons (Fsp3) is 0.438. The molecule has 1 aromatic heterocycles. The third-order valence-electron chi connectivity index (χ3n) is 8.90. The van der Waals surface area contributed by atoms with Gasteiger partial charge in [-0.15, -0.1) is 0 Å². The van der Waals surface area contributed by atoms with Crippen molar-refractivity contribution in [2.24, 2.45) is 7.05 Å². The Morgan fingerprint density at radius 2 is 1.65 bits per heavy atom. The minimum absolute atomic E-state index is 0.148. The summed E-state index contributed by atoms with van der Waals surface area (Å²) in [5, 5.41) is 13.8. The lowest BCUT2D eigenvalue weighted by Gasteiger charge is -2.41. The fourth-order valence-corrected chi connectivity index (χ4v) is 6.89. The number of likely N-dealkylation sites (tertiary alicyclic amines) is 1. The number of anilines is 2. The number of benzene rings is 2.